The number of carbonyl (C=O) groups is 2. The van der Waals surface area contributed by atoms with Crippen LogP contribution in [0.4, 0.5) is 11.5 Å². The second-order valence-corrected chi connectivity index (χ2v) is 4.73. The van der Waals surface area contributed by atoms with Crippen LogP contribution in [0.3, 0.4) is 0 Å². The largest absolute Gasteiger partial charge is 0.465 e. The van der Waals surface area contributed by atoms with Crippen LogP contribution in [0.25, 0.3) is 0 Å². The molecule has 6 heteroatoms. The Balaban J connectivity index is 2.49. The van der Waals surface area contributed by atoms with Gasteiger partial charge in [0.25, 0.3) is 0 Å². The molecule has 0 unspecified atom stereocenters. The van der Waals surface area contributed by atoms with E-state index < -0.39 is 5.97 Å². The van der Waals surface area contributed by atoms with Crippen molar-refractivity contribution < 1.29 is 14.3 Å². The number of benzene rings is 1. The van der Waals surface area contributed by atoms with Crippen LogP contribution in [0.5, 0.6) is 0 Å². The van der Waals surface area contributed by atoms with Gasteiger partial charge in [-0.2, -0.15) is 0 Å². The lowest BCUT2D eigenvalue weighted by atomic mass is 10.2. The maximum Gasteiger partial charge on any atom is 0.343 e. The lowest BCUT2D eigenvalue weighted by Gasteiger charge is -2.06. The third-order valence-corrected chi connectivity index (χ3v) is 3.08. The highest BCUT2D eigenvalue weighted by Gasteiger charge is 2.23. The fourth-order valence-electron chi connectivity index (χ4n) is 2.10. The van der Waals surface area contributed by atoms with Crippen molar-refractivity contribution in [2.45, 2.75) is 20.8 Å². The Bertz CT molecular complexity index is 704. The number of aryl methyl sites for hydroxylation is 1. The van der Waals surface area contributed by atoms with Crippen molar-refractivity contribution in [3.8, 4) is 0 Å². The van der Waals surface area contributed by atoms with Gasteiger partial charge in [0.15, 0.2) is 5.82 Å². The van der Waals surface area contributed by atoms with E-state index in [1.165, 1.54) is 18.7 Å². The molecule has 6 nitrogen and oxygen atoms in total. The molecule has 0 radical (unpaired) electrons. The Labute approximate surface area is 122 Å². The maximum atomic E-state index is 11.9. The SMILES string of the molecule is COC(=O)c1c(Nc2cccc(C)c2)nn(C(C)=O)c1C. The van der Waals surface area contributed by atoms with Crippen LogP contribution in [0.2, 0.25) is 0 Å². The highest BCUT2D eigenvalue weighted by atomic mass is 16.5. The summed E-state index contributed by atoms with van der Waals surface area (Å²) in [6.07, 6.45) is 0. The minimum Gasteiger partial charge on any atom is -0.465 e. The Morgan fingerprint density at radius 3 is 2.57 bits per heavy atom. The Hall–Kier alpha value is -2.63. The molecule has 110 valence electrons. The van der Waals surface area contributed by atoms with Crippen LogP contribution >= 0.6 is 0 Å². The van der Waals surface area contributed by atoms with Crippen LogP contribution in [0, 0.1) is 13.8 Å². The zero-order valence-corrected chi connectivity index (χ0v) is 12.4. The van der Waals surface area contributed by atoms with Crippen molar-refractivity contribution in [1.29, 1.82) is 0 Å². The molecule has 1 aromatic heterocycles. The average molecular weight is 287 g/mol. The van der Waals surface area contributed by atoms with Gasteiger partial charge in [0.2, 0.25) is 5.91 Å². The second kappa shape index (κ2) is 5.78. The second-order valence-electron chi connectivity index (χ2n) is 4.73. The average Bonchev–Trinajstić information content (AvgIpc) is 2.75. The van der Waals surface area contributed by atoms with Crippen molar-refractivity contribution in [2.75, 3.05) is 12.4 Å². The molecular weight excluding hydrogens is 270 g/mol. The van der Waals surface area contributed by atoms with E-state index >= 15 is 0 Å². The molecule has 2 aromatic rings. The van der Waals surface area contributed by atoms with Crippen molar-refractivity contribution in [1.82, 2.24) is 9.78 Å². The molecule has 1 aromatic carbocycles. The van der Waals surface area contributed by atoms with Crippen LogP contribution in [0.15, 0.2) is 24.3 Å². The highest BCUT2D eigenvalue weighted by Crippen LogP contribution is 2.24. The van der Waals surface area contributed by atoms with E-state index in [1.54, 1.807) is 6.92 Å². The first-order valence-corrected chi connectivity index (χ1v) is 6.46. The van der Waals surface area contributed by atoms with Crippen LogP contribution < -0.4 is 5.32 Å². The summed E-state index contributed by atoms with van der Waals surface area (Å²) >= 11 is 0. The molecule has 1 N–H and O–H groups in total. The molecule has 0 aliphatic rings. The molecule has 1 heterocycles. The molecule has 0 saturated carbocycles. The highest BCUT2D eigenvalue weighted by molar-refractivity contribution is 5.98. The van der Waals surface area contributed by atoms with Gasteiger partial charge >= 0.3 is 5.97 Å². The third-order valence-electron chi connectivity index (χ3n) is 3.08. The van der Waals surface area contributed by atoms with E-state index in [4.69, 9.17) is 4.74 Å². The minimum atomic E-state index is -0.532. The van der Waals surface area contributed by atoms with Gasteiger partial charge < -0.3 is 10.1 Å². The smallest absolute Gasteiger partial charge is 0.343 e. The molecular formula is C15H17N3O3. The lowest BCUT2D eigenvalue weighted by Crippen LogP contribution is -2.11. The van der Waals surface area contributed by atoms with Gasteiger partial charge in [0.05, 0.1) is 12.8 Å². The summed E-state index contributed by atoms with van der Waals surface area (Å²) in [4.78, 5) is 23.5. The van der Waals surface area contributed by atoms with Gasteiger partial charge in [-0.25, -0.2) is 9.48 Å². The zero-order chi connectivity index (χ0) is 15.6. The first-order chi connectivity index (χ1) is 9.93. The molecule has 0 atom stereocenters. The van der Waals surface area contributed by atoms with Gasteiger partial charge in [0, 0.05) is 12.6 Å². The van der Waals surface area contributed by atoms with E-state index in [0.29, 0.717) is 11.5 Å². The third kappa shape index (κ3) is 2.94. The molecule has 0 spiro atoms. The first kappa shape index (κ1) is 14.8. The standard InChI is InChI=1S/C15H17N3O3/c1-9-6-5-7-12(8-9)16-14-13(15(20)21-4)10(2)18(17-14)11(3)19/h5-8H,1-4H3,(H,16,17). The predicted octanol–water partition coefficient (Wildman–Crippen LogP) is 2.69. The van der Waals surface area contributed by atoms with E-state index in [-0.39, 0.29) is 11.5 Å². The number of methoxy groups -OCH3 is 1. The number of hydrogen-bond donors (Lipinski definition) is 1. The van der Waals surface area contributed by atoms with Crippen molar-refractivity contribution >= 4 is 23.4 Å². The number of hydrogen-bond acceptors (Lipinski definition) is 5. The number of nitrogens with zero attached hydrogens (tertiary/aromatic N) is 2. The topological polar surface area (TPSA) is 73.2 Å². The molecule has 0 bridgehead atoms. The summed E-state index contributed by atoms with van der Waals surface area (Å²) in [5, 5.41) is 7.22. The number of esters is 1. The van der Waals surface area contributed by atoms with Crippen molar-refractivity contribution in [3.05, 3.63) is 41.1 Å². The summed E-state index contributed by atoms with van der Waals surface area (Å²) in [5.74, 6) is -0.495. The lowest BCUT2D eigenvalue weighted by molar-refractivity contribution is 0.0601. The van der Waals surface area contributed by atoms with Gasteiger partial charge in [0.1, 0.15) is 5.56 Å². The molecule has 0 saturated heterocycles. The number of rotatable bonds is 3. The van der Waals surface area contributed by atoms with Gasteiger partial charge in [-0.15, -0.1) is 5.10 Å². The minimum absolute atomic E-state index is 0.259. The van der Waals surface area contributed by atoms with E-state index in [9.17, 15) is 9.59 Å². The Kier molecular flexibility index (Phi) is 4.07. The monoisotopic (exact) mass is 287 g/mol. The normalized spacial score (nSPS) is 10.3. The van der Waals surface area contributed by atoms with Gasteiger partial charge in [-0.05, 0) is 31.5 Å². The maximum absolute atomic E-state index is 11.9. The summed E-state index contributed by atoms with van der Waals surface area (Å²) in [5.41, 5.74) is 2.56. The molecule has 0 amide bonds. The number of nitrogens with one attached hydrogen (secondary N) is 1. The summed E-state index contributed by atoms with van der Waals surface area (Å²) in [7, 11) is 1.29. The number of carbonyl (C=O) groups excluding carboxylic acids is 2. The predicted molar refractivity (Wildman–Crippen MR) is 79.1 cm³/mol. The Morgan fingerprint density at radius 1 is 1.29 bits per heavy atom. The fraction of sp³-hybridized carbons (Fsp3) is 0.267. The Morgan fingerprint density at radius 2 is 2.00 bits per heavy atom. The molecule has 21 heavy (non-hydrogen) atoms. The summed E-state index contributed by atoms with van der Waals surface area (Å²) in [6.45, 7) is 5.01. The number of ether oxygens (including phenoxy) is 1. The van der Waals surface area contributed by atoms with E-state index in [1.807, 2.05) is 31.2 Å². The number of anilines is 2. The molecule has 0 aliphatic heterocycles. The van der Waals surface area contributed by atoms with Gasteiger partial charge in [-0.3, -0.25) is 4.79 Å². The summed E-state index contributed by atoms with van der Waals surface area (Å²) < 4.78 is 5.95. The zero-order valence-electron chi connectivity index (χ0n) is 12.4. The van der Waals surface area contributed by atoms with Crippen LogP contribution in [0.1, 0.15) is 33.3 Å². The molecule has 0 aliphatic carbocycles. The number of aromatic nitrogens is 2. The molecule has 2 rings (SSSR count). The molecule has 0 fully saturated rings. The fourth-order valence-corrected chi connectivity index (χ4v) is 2.10. The quantitative estimate of drug-likeness (QED) is 0.879. The van der Waals surface area contributed by atoms with Gasteiger partial charge in [-0.1, -0.05) is 12.1 Å². The van der Waals surface area contributed by atoms with Crippen molar-refractivity contribution in [3.63, 3.8) is 0 Å². The van der Waals surface area contributed by atoms with Crippen LogP contribution in [-0.2, 0) is 4.74 Å². The van der Waals surface area contributed by atoms with E-state index in [2.05, 4.69) is 10.4 Å². The first-order valence-electron chi connectivity index (χ1n) is 6.46. The van der Waals surface area contributed by atoms with E-state index in [0.717, 1.165) is 11.3 Å². The van der Waals surface area contributed by atoms with Crippen LogP contribution in [-0.4, -0.2) is 28.8 Å². The van der Waals surface area contributed by atoms with Crippen molar-refractivity contribution in [2.24, 2.45) is 0 Å². The summed E-state index contributed by atoms with van der Waals surface area (Å²) in [6, 6.07) is 7.63.